The first-order valence-corrected chi connectivity index (χ1v) is 7.53. The number of nitrogens with one attached hydrogen (secondary N) is 1. The van der Waals surface area contributed by atoms with Crippen molar-refractivity contribution in [3.63, 3.8) is 0 Å². The fourth-order valence-electron chi connectivity index (χ4n) is 2.06. The Morgan fingerprint density at radius 1 is 1.38 bits per heavy atom. The zero-order valence-corrected chi connectivity index (χ0v) is 13.9. The van der Waals surface area contributed by atoms with Crippen LogP contribution < -0.4 is 10.1 Å². The number of benzene rings is 1. The SMILES string of the molecule is Cc1nn(C)cc1CNCC(C)Oc1ccc(Cl)cc1Cl. The predicted octanol–water partition coefficient (Wildman–Crippen LogP) is 3.59. The van der Waals surface area contributed by atoms with Gasteiger partial charge in [-0.05, 0) is 32.0 Å². The van der Waals surface area contributed by atoms with Gasteiger partial charge in [0.25, 0.3) is 0 Å². The molecule has 2 rings (SSSR count). The highest BCUT2D eigenvalue weighted by atomic mass is 35.5. The van der Waals surface area contributed by atoms with Crippen LogP contribution in [0.2, 0.25) is 10.0 Å². The molecule has 1 heterocycles. The molecule has 21 heavy (non-hydrogen) atoms. The van der Waals surface area contributed by atoms with Gasteiger partial charge in [0.2, 0.25) is 0 Å². The van der Waals surface area contributed by atoms with Crippen molar-refractivity contribution in [2.24, 2.45) is 7.05 Å². The first-order valence-electron chi connectivity index (χ1n) is 6.77. The van der Waals surface area contributed by atoms with E-state index in [4.69, 9.17) is 27.9 Å². The molecular weight excluding hydrogens is 309 g/mol. The highest BCUT2D eigenvalue weighted by molar-refractivity contribution is 6.35. The smallest absolute Gasteiger partial charge is 0.138 e. The maximum Gasteiger partial charge on any atom is 0.138 e. The molecule has 0 aliphatic rings. The Labute approximate surface area is 135 Å². The van der Waals surface area contributed by atoms with E-state index in [9.17, 15) is 0 Å². The lowest BCUT2D eigenvalue weighted by molar-refractivity contribution is 0.217. The quantitative estimate of drug-likeness (QED) is 0.881. The van der Waals surface area contributed by atoms with Gasteiger partial charge >= 0.3 is 0 Å². The molecule has 0 bridgehead atoms. The second-order valence-corrected chi connectivity index (χ2v) is 5.89. The van der Waals surface area contributed by atoms with E-state index in [1.54, 1.807) is 18.2 Å². The van der Waals surface area contributed by atoms with Gasteiger partial charge in [-0.25, -0.2) is 0 Å². The van der Waals surface area contributed by atoms with Crippen molar-refractivity contribution in [1.29, 1.82) is 0 Å². The van der Waals surface area contributed by atoms with E-state index < -0.39 is 0 Å². The van der Waals surface area contributed by atoms with Crippen LogP contribution in [0.4, 0.5) is 0 Å². The molecule has 1 unspecified atom stereocenters. The van der Waals surface area contributed by atoms with Crippen LogP contribution >= 0.6 is 23.2 Å². The summed E-state index contributed by atoms with van der Waals surface area (Å²) in [6.07, 6.45) is 2.02. The van der Waals surface area contributed by atoms with Gasteiger partial charge in [-0.2, -0.15) is 5.10 Å². The summed E-state index contributed by atoms with van der Waals surface area (Å²) in [5, 5.41) is 8.80. The summed E-state index contributed by atoms with van der Waals surface area (Å²) in [7, 11) is 1.92. The van der Waals surface area contributed by atoms with Crippen molar-refractivity contribution in [2.45, 2.75) is 26.5 Å². The lowest BCUT2D eigenvalue weighted by Gasteiger charge is -2.16. The molecular formula is C15H19Cl2N3O. The average molecular weight is 328 g/mol. The zero-order valence-electron chi connectivity index (χ0n) is 12.4. The molecule has 0 aliphatic heterocycles. The predicted molar refractivity (Wildman–Crippen MR) is 86.2 cm³/mol. The highest BCUT2D eigenvalue weighted by Gasteiger charge is 2.09. The van der Waals surface area contributed by atoms with Crippen LogP contribution in [-0.4, -0.2) is 22.4 Å². The second-order valence-electron chi connectivity index (χ2n) is 5.05. The van der Waals surface area contributed by atoms with Gasteiger partial charge in [-0.1, -0.05) is 23.2 Å². The molecule has 4 nitrogen and oxygen atoms in total. The maximum absolute atomic E-state index is 6.09. The molecule has 0 spiro atoms. The molecule has 1 atom stereocenters. The van der Waals surface area contributed by atoms with Gasteiger partial charge in [0.05, 0.1) is 10.7 Å². The Balaban J connectivity index is 1.82. The molecule has 1 aromatic heterocycles. The molecule has 2 aromatic rings. The van der Waals surface area contributed by atoms with Crippen molar-refractivity contribution in [3.05, 3.63) is 45.7 Å². The summed E-state index contributed by atoms with van der Waals surface area (Å²) in [6, 6.07) is 5.23. The van der Waals surface area contributed by atoms with Crippen LogP contribution in [0.25, 0.3) is 0 Å². The molecule has 1 N–H and O–H groups in total. The van der Waals surface area contributed by atoms with Gasteiger partial charge in [-0.15, -0.1) is 0 Å². The summed E-state index contributed by atoms with van der Waals surface area (Å²) in [6.45, 7) is 5.48. The highest BCUT2D eigenvalue weighted by Crippen LogP contribution is 2.28. The van der Waals surface area contributed by atoms with Gasteiger partial charge in [0, 0.05) is 36.9 Å². The van der Waals surface area contributed by atoms with Crippen LogP contribution in [0.3, 0.4) is 0 Å². The number of halogens is 2. The van der Waals surface area contributed by atoms with Crippen molar-refractivity contribution < 1.29 is 4.74 Å². The van der Waals surface area contributed by atoms with E-state index in [1.807, 2.05) is 31.8 Å². The van der Waals surface area contributed by atoms with Crippen LogP contribution in [0, 0.1) is 6.92 Å². The van der Waals surface area contributed by atoms with Crippen LogP contribution in [0.5, 0.6) is 5.75 Å². The Morgan fingerprint density at radius 2 is 2.14 bits per heavy atom. The molecule has 1 aromatic carbocycles. The number of hydrogen-bond donors (Lipinski definition) is 1. The molecule has 114 valence electrons. The standard InChI is InChI=1S/C15H19Cl2N3O/c1-10(21-15-5-4-13(16)6-14(15)17)7-18-8-12-9-20(3)19-11(12)2/h4-6,9-10,18H,7-8H2,1-3H3. The molecule has 0 saturated carbocycles. The summed E-state index contributed by atoms with van der Waals surface area (Å²) >= 11 is 11.9. The minimum absolute atomic E-state index is 0.000605. The van der Waals surface area contributed by atoms with Crippen molar-refractivity contribution in [3.8, 4) is 5.75 Å². The Hall–Kier alpha value is -1.23. The number of rotatable bonds is 6. The lowest BCUT2D eigenvalue weighted by Crippen LogP contribution is -2.28. The number of nitrogens with zero attached hydrogens (tertiary/aromatic N) is 2. The minimum Gasteiger partial charge on any atom is -0.488 e. The van der Waals surface area contributed by atoms with Gasteiger partial charge < -0.3 is 10.1 Å². The average Bonchev–Trinajstić information content (AvgIpc) is 2.71. The van der Waals surface area contributed by atoms with E-state index in [0.29, 0.717) is 22.3 Å². The van der Waals surface area contributed by atoms with Gasteiger partial charge in [0.1, 0.15) is 11.9 Å². The van der Waals surface area contributed by atoms with Crippen molar-refractivity contribution in [1.82, 2.24) is 15.1 Å². The molecule has 0 saturated heterocycles. The normalized spacial score (nSPS) is 12.4. The minimum atomic E-state index is 0.000605. The lowest BCUT2D eigenvalue weighted by atomic mass is 10.2. The fraction of sp³-hybridized carbons (Fsp3) is 0.400. The van der Waals surface area contributed by atoms with E-state index in [-0.39, 0.29) is 6.10 Å². The first-order chi connectivity index (χ1) is 9.95. The van der Waals surface area contributed by atoms with E-state index >= 15 is 0 Å². The van der Waals surface area contributed by atoms with Gasteiger partial charge in [0.15, 0.2) is 0 Å². The largest absolute Gasteiger partial charge is 0.488 e. The molecule has 0 amide bonds. The van der Waals surface area contributed by atoms with Crippen LogP contribution in [0.1, 0.15) is 18.2 Å². The van der Waals surface area contributed by atoms with Crippen molar-refractivity contribution in [2.75, 3.05) is 6.54 Å². The summed E-state index contributed by atoms with van der Waals surface area (Å²) < 4.78 is 7.62. The third-order valence-corrected chi connectivity index (χ3v) is 3.61. The molecule has 0 radical (unpaired) electrons. The van der Waals surface area contributed by atoms with E-state index in [1.165, 1.54) is 5.56 Å². The third-order valence-electron chi connectivity index (χ3n) is 3.08. The monoisotopic (exact) mass is 327 g/mol. The number of aromatic nitrogens is 2. The summed E-state index contributed by atoms with van der Waals surface area (Å²) in [5.74, 6) is 0.646. The molecule has 0 aliphatic carbocycles. The topological polar surface area (TPSA) is 39.1 Å². The number of hydrogen-bond acceptors (Lipinski definition) is 3. The molecule has 0 fully saturated rings. The maximum atomic E-state index is 6.09. The van der Waals surface area contributed by atoms with Crippen LogP contribution in [0.15, 0.2) is 24.4 Å². The number of aryl methyl sites for hydroxylation is 2. The van der Waals surface area contributed by atoms with Crippen LogP contribution in [-0.2, 0) is 13.6 Å². The number of ether oxygens (including phenoxy) is 1. The van der Waals surface area contributed by atoms with E-state index in [2.05, 4.69) is 10.4 Å². The zero-order chi connectivity index (χ0) is 15.4. The Kier molecular flexibility index (Phi) is 5.51. The van der Waals surface area contributed by atoms with Gasteiger partial charge in [-0.3, -0.25) is 4.68 Å². The summed E-state index contributed by atoms with van der Waals surface area (Å²) in [4.78, 5) is 0. The second kappa shape index (κ2) is 7.16. The Morgan fingerprint density at radius 3 is 2.76 bits per heavy atom. The third kappa shape index (κ3) is 4.63. The van der Waals surface area contributed by atoms with E-state index in [0.717, 1.165) is 12.2 Å². The fourth-order valence-corrected chi connectivity index (χ4v) is 2.51. The molecule has 6 heteroatoms. The first kappa shape index (κ1) is 16.1. The Bertz CT molecular complexity index is 613. The summed E-state index contributed by atoms with van der Waals surface area (Å²) in [5.41, 5.74) is 2.23. The van der Waals surface area contributed by atoms with Crippen molar-refractivity contribution >= 4 is 23.2 Å².